The van der Waals surface area contributed by atoms with Crippen molar-refractivity contribution in [2.75, 3.05) is 39.0 Å². The maximum atomic E-state index is 12.9. The van der Waals surface area contributed by atoms with Crippen LogP contribution in [0.25, 0.3) is 0 Å². The van der Waals surface area contributed by atoms with Gasteiger partial charge >= 0.3 is 0 Å². The van der Waals surface area contributed by atoms with E-state index in [-0.39, 0.29) is 46.7 Å². The van der Waals surface area contributed by atoms with Crippen LogP contribution in [-0.2, 0) is 130 Å². The number of benzene rings is 12. The summed E-state index contributed by atoms with van der Waals surface area (Å²) < 4.78 is 167. The molecule has 0 bridgehead atoms. The minimum Gasteiger partial charge on any atom is -0.354 e. The van der Waals surface area contributed by atoms with Crippen LogP contribution in [-0.4, -0.2) is 162 Å². The lowest BCUT2D eigenvalue weighted by Crippen LogP contribution is -2.48. The molecule has 0 radical (unpaired) electrons. The van der Waals surface area contributed by atoms with Gasteiger partial charge in [0, 0.05) is 85.7 Å². The number of nitrogens with one attached hydrogen (secondary N) is 6. The Hall–Kier alpha value is -10.6. The van der Waals surface area contributed by atoms with Crippen molar-refractivity contribution in [3.63, 3.8) is 0 Å². The molecule has 0 fully saturated rings. The third-order valence-corrected chi connectivity index (χ3v) is 41.9. The zero-order valence-electron chi connectivity index (χ0n) is 84.6. The van der Waals surface area contributed by atoms with Crippen molar-refractivity contribution in [1.82, 2.24) is 31.9 Å². The molecule has 6 N–H and O–H groups in total. The van der Waals surface area contributed by atoms with E-state index in [0.717, 1.165) is 39.6 Å². The van der Waals surface area contributed by atoms with Crippen LogP contribution in [0.4, 0.5) is 0 Å². The van der Waals surface area contributed by atoms with Gasteiger partial charge in [-0.05, 0) is 324 Å². The van der Waals surface area contributed by atoms with E-state index in [0.29, 0.717) is 98.6 Å². The van der Waals surface area contributed by atoms with Crippen LogP contribution in [0.3, 0.4) is 0 Å². The molecule has 0 saturated carbocycles. The fourth-order valence-corrected chi connectivity index (χ4v) is 23.8. The molecule has 12 rings (SSSR count). The van der Waals surface area contributed by atoms with Gasteiger partial charge in [-0.3, -0.25) is 28.8 Å². The Morgan fingerprint density at radius 3 is 0.760 bits per heavy atom. The number of sulfone groups is 7. The molecule has 0 heterocycles. The topological polar surface area (TPSA) is 414 Å². The molecular weight excluding hydrogens is 2220 g/mol. The van der Waals surface area contributed by atoms with Gasteiger partial charge in [0.05, 0.1) is 34.3 Å². The largest absolute Gasteiger partial charge is 0.354 e. The van der Waals surface area contributed by atoms with Gasteiger partial charge in [-0.2, -0.15) is 0 Å². The Labute approximate surface area is 921 Å². The minimum atomic E-state index is -4.00. The monoisotopic (exact) mass is 2340 g/mol. The zero-order chi connectivity index (χ0) is 112. The summed E-state index contributed by atoms with van der Waals surface area (Å²) >= 11 is 46.8. The average molecular weight is 2340 g/mol. The van der Waals surface area contributed by atoms with Gasteiger partial charge in [0.15, 0.2) is 68.9 Å². The van der Waals surface area contributed by atoms with Crippen LogP contribution < -0.4 is 31.9 Å². The first-order valence-electron chi connectivity index (χ1n) is 46.4. The average Bonchev–Trinajstić information content (AvgIpc) is 0.781. The molecule has 0 spiro atoms. The molecular formula is C109H120Cl8N6O20S7. The highest BCUT2D eigenvalue weighted by Crippen LogP contribution is 2.35. The van der Waals surface area contributed by atoms with Crippen LogP contribution in [0.15, 0.2) is 344 Å². The number of hydrogen-bond acceptors (Lipinski definition) is 20. The molecule has 6 amide bonds. The van der Waals surface area contributed by atoms with Crippen molar-refractivity contribution in [2.45, 2.75) is 191 Å². The Balaban J connectivity index is 0.000000243. The molecule has 1 atom stereocenters. The highest BCUT2D eigenvalue weighted by Gasteiger charge is 2.48. The standard InChI is InChI=1S/C19H22ClNO3S.C19H23NO5S2.2C18H19Cl2NO3S.C18H20ClNO3S.C17H17Cl2NO3S/c1-14(15-7-5-4-6-8-15)13-21-18(22)19(2,3)25(23,24)17-11-9-16(20)10-12-17;1-19(2,18(21)20-14-13-15-7-5-4-6-8-15)27(24,25)17-11-9-16(10-12-17)26(3,22)23;1-18(2,25(23,24)16-8-6-14(19)7-9-16)17(22)21-11-10-13-4-3-5-15(20)12-13;1-18(2,25(23,24)15-9-7-14(19)8-10-15)17(22)21-12-11-13-5-3-4-6-16(13)20;1-18(2,24(22,23)16-10-8-15(19)9-11-16)17(21)20-13-12-14-6-4-3-5-7-14;1-17(2,24(22,23)15-9-7-14(19)8-10-15)16(21)20-11-12-3-5-13(18)6-4-12/h4-12,14H,13H2,1-3H3,(H,21,22);4-12H,13-14H2,1-3H3,(H,20,21);3-9,12H,10-11H2,1-2H3,(H,21,22);3-10H,11-12H2,1-2H3,(H,21,22);3-11H,12-13H2,1-2H3,(H,20,21);3-10H,11H2,1-2H3,(H,20,21). The number of carbonyl (C=O) groups excluding carboxylic acids is 6. The fourth-order valence-electron chi connectivity index (χ4n) is 13.6. The second kappa shape index (κ2) is 54.8. The minimum absolute atomic E-state index is 0.0200. The van der Waals surface area contributed by atoms with Crippen molar-refractivity contribution in [2.24, 2.45) is 0 Å². The van der Waals surface area contributed by atoms with E-state index in [2.05, 4.69) is 31.9 Å². The van der Waals surface area contributed by atoms with Crippen molar-refractivity contribution in [3.8, 4) is 0 Å². The summed E-state index contributed by atoms with van der Waals surface area (Å²) in [6.45, 7) is 20.5. The molecule has 0 aliphatic carbocycles. The maximum absolute atomic E-state index is 12.9. The van der Waals surface area contributed by atoms with Crippen molar-refractivity contribution in [1.29, 1.82) is 0 Å². The summed E-state index contributed by atoms with van der Waals surface area (Å²) in [6, 6.07) is 84.4. The Kier molecular flexibility index (Phi) is 46.2. The third kappa shape index (κ3) is 34.0. The molecule has 12 aromatic carbocycles. The Morgan fingerprint density at radius 1 is 0.240 bits per heavy atom. The first-order chi connectivity index (χ1) is 69.8. The van der Waals surface area contributed by atoms with Gasteiger partial charge in [-0.25, -0.2) is 58.9 Å². The Morgan fingerprint density at radius 2 is 0.473 bits per heavy atom. The van der Waals surface area contributed by atoms with E-state index in [1.165, 1.54) is 229 Å². The lowest BCUT2D eigenvalue weighted by atomic mass is 10.0. The summed E-state index contributed by atoms with van der Waals surface area (Å²) in [7, 11) is -26.6. The smallest absolute Gasteiger partial charge is 0.241 e. The van der Waals surface area contributed by atoms with E-state index in [1.807, 2.05) is 134 Å². The van der Waals surface area contributed by atoms with E-state index in [9.17, 15) is 87.7 Å². The van der Waals surface area contributed by atoms with E-state index >= 15 is 0 Å². The summed E-state index contributed by atoms with van der Waals surface area (Å²) in [5.74, 6) is -3.25. The van der Waals surface area contributed by atoms with Crippen molar-refractivity contribution < 1.29 is 87.7 Å². The molecule has 1 unspecified atom stereocenters. The normalized spacial score (nSPS) is 12.3. The molecule has 12 aromatic rings. The predicted octanol–water partition coefficient (Wildman–Crippen LogP) is 20.7. The van der Waals surface area contributed by atoms with E-state index in [4.69, 9.17) is 92.8 Å². The summed E-state index contributed by atoms with van der Waals surface area (Å²) in [4.78, 5) is 75.2. The van der Waals surface area contributed by atoms with Gasteiger partial charge in [-0.1, -0.05) is 233 Å². The number of halogens is 8. The van der Waals surface area contributed by atoms with Crippen LogP contribution in [0, 0.1) is 0 Å². The molecule has 0 aromatic heterocycles. The summed E-state index contributed by atoms with van der Waals surface area (Å²) in [6.07, 6.45) is 3.35. The number of carbonyl (C=O) groups is 6. The van der Waals surface area contributed by atoms with Gasteiger partial charge in [0.25, 0.3) is 0 Å². The summed E-state index contributed by atoms with van der Waals surface area (Å²) in [5, 5.41) is 20.2. The van der Waals surface area contributed by atoms with Crippen LogP contribution in [0.2, 0.25) is 40.2 Å². The van der Waals surface area contributed by atoms with Gasteiger partial charge < -0.3 is 31.9 Å². The molecule has 150 heavy (non-hydrogen) atoms. The molecule has 0 aliphatic heterocycles. The predicted molar refractivity (Wildman–Crippen MR) is 598 cm³/mol. The van der Waals surface area contributed by atoms with Crippen LogP contribution >= 0.6 is 92.8 Å². The van der Waals surface area contributed by atoms with E-state index < -0.39 is 133 Å². The van der Waals surface area contributed by atoms with Gasteiger partial charge in [-0.15, -0.1) is 0 Å². The number of amides is 6. The maximum Gasteiger partial charge on any atom is 0.241 e. The van der Waals surface area contributed by atoms with Crippen LogP contribution in [0.1, 0.15) is 129 Å². The number of rotatable bonds is 36. The summed E-state index contributed by atoms with van der Waals surface area (Å²) in [5.41, 5.74) is 5.88. The van der Waals surface area contributed by atoms with Crippen molar-refractivity contribution >= 4 is 197 Å². The highest BCUT2D eigenvalue weighted by atomic mass is 35.5. The van der Waals surface area contributed by atoms with Crippen molar-refractivity contribution in [3.05, 3.63) is 383 Å². The van der Waals surface area contributed by atoms with Crippen LogP contribution in [0.5, 0.6) is 0 Å². The second-order valence-electron chi connectivity index (χ2n) is 37.1. The number of hydrogen-bond donors (Lipinski definition) is 6. The molecule has 0 saturated heterocycles. The fraction of sp³-hybridized carbons (Fsp3) is 0.284. The zero-order valence-corrected chi connectivity index (χ0v) is 96.4. The van der Waals surface area contributed by atoms with E-state index in [1.54, 1.807) is 36.4 Å². The lowest BCUT2D eigenvalue weighted by Gasteiger charge is -2.25. The van der Waals surface area contributed by atoms with Gasteiger partial charge in [0.2, 0.25) is 35.4 Å². The lowest BCUT2D eigenvalue weighted by molar-refractivity contribution is -0.123. The third-order valence-electron chi connectivity index (χ3n) is 24.1. The van der Waals surface area contributed by atoms with Gasteiger partial charge in [0.1, 0.15) is 28.5 Å². The highest BCUT2D eigenvalue weighted by molar-refractivity contribution is 7.95. The molecule has 0 aliphatic rings. The first-order valence-corrected chi connectivity index (χ1v) is 60.2. The Bertz CT molecular complexity index is 7510. The molecule has 26 nitrogen and oxygen atoms in total. The quantitative estimate of drug-likeness (QED) is 0.0212. The SMILES string of the molecule is CC(C)(C(=O)NCCc1cccc(Cl)c1)S(=O)(=O)c1ccc(Cl)cc1.CC(C)(C(=O)NCCc1ccccc1)S(=O)(=O)c1ccc(Cl)cc1.CC(C)(C(=O)NCCc1ccccc1)S(=O)(=O)c1ccc(S(C)(=O)=O)cc1.CC(C)(C(=O)NCCc1ccccc1Cl)S(=O)(=O)c1ccc(Cl)cc1.CC(C)(C(=O)NCc1ccc(Cl)cc1)S(=O)(=O)c1ccc(Cl)cc1.CC(CNC(=O)C(C)(C)S(=O)(=O)c1ccc(Cl)cc1)c1ccccc1. The first kappa shape index (κ1) is 126. The second-order valence-corrected chi connectivity index (χ2v) is 57.6. The molecule has 41 heteroatoms. The molecule has 804 valence electrons.